The summed E-state index contributed by atoms with van der Waals surface area (Å²) in [5.74, 6) is -1.19. The number of nitrogens with zero attached hydrogens (tertiary/aromatic N) is 3. The number of halogens is 1. The lowest BCUT2D eigenvalue weighted by atomic mass is 10.2. The van der Waals surface area contributed by atoms with Gasteiger partial charge in [0.25, 0.3) is 11.5 Å². The van der Waals surface area contributed by atoms with Gasteiger partial charge in [-0.15, -0.1) is 0 Å². The summed E-state index contributed by atoms with van der Waals surface area (Å²) in [4.78, 5) is 40.1. The van der Waals surface area contributed by atoms with Crippen molar-refractivity contribution in [1.82, 2.24) is 19.4 Å². The first-order valence-corrected chi connectivity index (χ1v) is 9.63. The molecule has 0 bridgehead atoms. The second-order valence-electron chi connectivity index (χ2n) is 7.34. The number of likely N-dealkylation sites (tertiary alicyclic amines) is 1. The minimum Gasteiger partial charge on any atom is -0.350 e. The Morgan fingerprint density at radius 1 is 1.14 bits per heavy atom. The van der Waals surface area contributed by atoms with E-state index in [0.717, 1.165) is 40.6 Å². The average molecular weight is 403 g/mol. The van der Waals surface area contributed by atoms with Crippen LogP contribution < -0.4 is 21.9 Å². The van der Waals surface area contributed by atoms with Crippen molar-refractivity contribution in [1.29, 1.82) is 0 Å². The third kappa shape index (κ3) is 4.40. The Bertz CT molecular complexity index is 1040. The van der Waals surface area contributed by atoms with Gasteiger partial charge in [0.05, 0.1) is 5.69 Å². The second-order valence-corrected chi connectivity index (χ2v) is 7.34. The van der Waals surface area contributed by atoms with Crippen LogP contribution in [0.25, 0.3) is 0 Å². The van der Waals surface area contributed by atoms with E-state index in [9.17, 15) is 18.8 Å². The van der Waals surface area contributed by atoms with Crippen LogP contribution in [0.3, 0.4) is 0 Å². The zero-order chi connectivity index (χ0) is 21.1. The van der Waals surface area contributed by atoms with Crippen molar-refractivity contribution in [3.8, 4) is 0 Å². The fourth-order valence-corrected chi connectivity index (χ4v) is 3.47. The highest BCUT2D eigenvalue weighted by Crippen LogP contribution is 2.21. The summed E-state index contributed by atoms with van der Waals surface area (Å²) < 4.78 is 16.3. The van der Waals surface area contributed by atoms with Crippen LogP contribution in [-0.2, 0) is 14.1 Å². The fourth-order valence-electron chi connectivity index (χ4n) is 3.47. The van der Waals surface area contributed by atoms with Crippen molar-refractivity contribution in [2.45, 2.75) is 19.8 Å². The van der Waals surface area contributed by atoms with E-state index in [4.69, 9.17) is 0 Å². The molecule has 1 aliphatic heterocycles. The standard InChI is InChI=1S/C20H26FN5O3/c1-13-6-7-15(14(21)12-13)23-17-16(19(28)25(3)20(29)24(17)2)18(27)22-8-11-26-9-4-5-10-26/h6-7,12,23H,4-5,8-11H2,1-3H3,(H,22,27). The predicted molar refractivity (Wildman–Crippen MR) is 109 cm³/mol. The van der Waals surface area contributed by atoms with Crippen molar-refractivity contribution in [2.75, 3.05) is 31.5 Å². The quantitative estimate of drug-likeness (QED) is 0.754. The van der Waals surface area contributed by atoms with E-state index >= 15 is 0 Å². The number of aryl methyl sites for hydroxylation is 1. The molecular weight excluding hydrogens is 377 g/mol. The highest BCUT2D eigenvalue weighted by Gasteiger charge is 2.23. The van der Waals surface area contributed by atoms with Crippen LogP contribution in [0.2, 0.25) is 0 Å². The minimum atomic E-state index is -0.734. The molecular formula is C20H26FN5O3. The summed E-state index contributed by atoms with van der Waals surface area (Å²) in [5, 5.41) is 5.51. The number of hydrogen-bond acceptors (Lipinski definition) is 5. The smallest absolute Gasteiger partial charge is 0.332 e. The number of rotatable bonds is 6. The summed E-state index contributed by atoms with van der Waals surface area (Å²) in [7, 11) is 2.74. The summed E-state index contributed by atoms with van der Waals surface area (Å²) in [6.45, 7) is 4.81. The van der Waals surface area contributed by atoms with Crippen molar-refractivity contribution in [3.63, 3.8) is 0 Å². The SMILES string of the molecule is Cc1ccc(Nc2c(C(=O)NCCN3CCCC3)c(=O)n(C)c(=O)n2C)c(F)c1. The maximum absolute atomic E-state index is 14.3. The topological polar surface area (TPSA) is 88.4 Å². The second kappa shape index (κ2) is 8.60. The predicted octanol–water partition coefficient (Wildman–Crippen LogP) is 1.10. The lowest BCUT2D eigenvalue weighted by molar-refractivity contribution is 0.0947. The Morgan fingerprint density at radius 2 is 1.83 bits per heavy atom. The zero-order valence-corrected chi connectivity index (χ0v) is 16.9. The first-order chi connectivity index (χ1) is 13.8. The molecule has 2 heterocycles. The number of carbonyl (C=O) groups excluding carboxylic acids is 1. The van der Waals surface area contributed by atoms with Crippen LogP contribution in [0.15, 0.2) is 27.8 Å². The lowest BCUT2D eigenvalue weighted by Crippen LogP contribution is -2.44. The van der Waals surface area contributed by atoms with Crippen LogP contribution in [0.5, 0.6) is 0 Å². The van der Waals surface area contributed by atoms with E-state index in [1.165, 1.54) is 26.2 Å². The van der Waals surface area contributed by atoms with Gasteiger partial charge >= 0.3 is 5.69 Å². The molecule has 1 saturated heterocycles. The van der Waals surface area contributed by atoms with E-state index in [2.05, 4.69) is 15.5 Å². The van der Waals surface area contributed by atoms with E-state index in [0.29, 0.717) is 13.1 Å². The van der Waals surface area contributed by atoms with E-state index in [-0.39, 0.29) is 17.1 Å². The molecule has 0 saturated carbocycles. The molecule has 0 unspecified atom stereocenters. The molecule has 2 N–H and O–H groups in total. The van der Waals surface area contributed by atoms with Gasteiger partial charge in [0.1, 0.15) is 17.2 Å². The van der Waals surface area contributed by atoms with Gasteiger partial charge in [0, 0.05) is 27.2 Å². The third-order valence-electron chi connectivity index (χ3n) is 5.18. The Kier molecular flexibility index (Phi) is 6.17. The molecule has 1 aromatic carbocycles. The largest absolute Gasteiger partial charge is 0.350 e. The van der Waals surface area contributed by atoms with Crippen LogP contribution in [0.1, 0.15) is 28.8 Å². The molecule has 3 rings (SSSR count). The van der Waals surface area contributed by atoms with Gasteiger partial charge in [-0.2, -0.15) is 0 Å². The molecule has 1 fully saturated rings. The molecule has 0 atom stereocenters. The average Bonchev–Trinajstić information content (AvgIpc) is 3.19. The first kappa shape index (κ1) is 20.8. The highest BCUT2D eigenvalue weighted by atomic mass is 19.1. The lowest BCUT2D eigenvalue weighted by Gasteiger charge is -2.18. The summed E-state index contributed by atoms with van der Waals surface area (Å²) in [6, 6.07) is 4.53. The monoisotopic (exact) mass is 403 g/mol. The summed E-state index contributed by atoms with van der Waals surface area (Å²) in [6.07, 6.45) is 2.29. The Balaban J connectivity index is 1.93. The van der Waals surface area contributed by atoms with Gasteiger partial charge in [-0.1, -0.05) is 6.07 Å². The van der Waals surface area contributed by atoms with Crippen molar-refractivity contribution >= 4 is 17.4 Å². The molecule has 0 spiro atoms. The number of hydrogen-bond donors (Lipinski definition) is 2. The first-order valence-electron chi connectivity index (χ1n) is 9.63. The van der Waals surface area contributed by atoms with Crippen molar-refractivity contribution < 1.29 is 9.18 Å². The number of amides is 1. The van der Waals surface area contributed by atoms with Gasteiger partial charge in [0.15, 0.2) is 0 Å². The number of aromatic nitrogens is 2. The molecule has 9 heteroatoms. The van der Waals surface area contributed by atoms with Gasteiger partial charge < -0.3 is 15.5 Å². The van der Waals surface area contributed by atoms with E-state index in [1.807, 2.05) is 0 Å². The number of carbonyl (C=O) groups is 1. The molecule has 8 nitrogen and oxygen atoms in total. The third-order valence-corrected chi connectivity index (χ3v) is 5.18. The van der Waals surface area contributed by atoms with Crippen LogP contribution in [0, 0.1) is 12.7 Å². The molecule has 156 valence electrons. The number of anilines is 2. The van der Waals surface area contributed by atoms with Gasteiger partial charge in [0.2, 0.25) is 0 Å². The Labute approximate surface area is 168 Å². The summed E-state index contributed by atoms with van der Waals surface area (Å²) >= 11 is 0. The minimum absolute atomic E-state index is 0.0421. The molecule has 0 aliphatic carbocycles. The number of nitrogens with one attached hydrogen (secondary N) is 2. The highest BCUT2D eigenvalue weighted by molar-refractivity contribution is 5.99. The zero-order valence-electron chi connectivity index (χ0n) is 16.9. The molecule has 1 aromatic heterocycles. The molecule has 0 radical (unpaired) electrons. The van der Waals surface area contributed by atoms with Gasteiger partial charge in [-0.25, -0.2) is 9.18 Å². The van der Waals surface area contributed by atoms with Crippen LogP contribution in [-0.4, -0.2) is 46.1 Å². The van der Waals surface area contributed by atoms with Crippen molar-refractivity contribution in [2.24, 2.45) is 14.1 Å². The molecule has 1 aliphatic rings. The van der Waals surface area contributed by atoms with Gasteiger partial charge in [-0.3, -0.25) is 18.7 Å². The van der Waals surface area contributed by atoms with E-state index in [1.54, 1.807) is 13.0 Å². The van der Waals surface area contributed by atoms with Crippen LogP contribution >= 0.6 is 0 Å². The Morgan fingerprint density at radius 3 is 2.48 bits per heavy atom. The fraction of sp³-hybridized carbons (Fsp3) is 0.450. The van der Waals surface area contributed by atoms with E-state index < -0.39 is 23.0 Å². The van der Waals surface area contributed by atoms with Crippen molar-refractivity contribution in [3.05, 3.63) is 56.0 Å². The summed E-state index contributed by atoms with van der Waals surface area (Å²) in [5.41, 5.74) is -0.771. The van der Waals surface area contributed by atoms with Gasteiger partial charge in [-0.05, 0) is 50.6 Å². The molecule has 2 aromatic rings. The van der Waals surface area contributed by atoms with Crippen LogP contribution in [0.4, 0.5) is 15.9 Å². The molecule has 1 amide bonds. The maximum atomic E-state index is 14.3. The molecule has 29 heavy (non-hydrogen) atoms. The Hall–Kier alpha value is -2.94. The normalized spacial score (nSPS) is 14.2. The maximum Gasteiger partial charge on any atom is 0.332 e. The number of benzene rings is 1.